The van der Waals surface area contributed by atoms with Crippen LogP contribution in [-0.2, 0) is 11.3 Å². The summed E-state index contributed by atoms with van der Waals surface area (Å²) in [6.45, 7) is 9.35. The number of ether oxygens (including phenoxy) is 1. The van der Waals surface area contributed by atoms with Crippen LogP contribution in [0.5, 0.6) is 5.75 Å². The lowest BCUT2D eigenvalue weighted by Crippen LogP contribution is -2.43. The average Bonchev–Trinajstić information content (AvgIpc) is 3.11. The zero-order chi connectivity index (χ0) is 26.4. The highest BCUT2D eigenvalue weighted by molar-refractivity contribution is 6.30. The summed E-state index contributed by atoms with van der Waals surface area (Å²) in [6, 6.07) is 8.72. The number of amides is 1. The third kappa shape index (κ3) is 7.52. The van der Waals surface area contributed by atoms with Crippen molar-refractivity contribution in [3.05, 3.63) is 51.9 Å². The van der Waals surface area contributed by atoms with Crippen LogP contribution in [0.1, 0.15) is 52.9 Å². The van der Waals surface area contributed by atoms with Crippen LogP contribution in [0, 0.1) is 0 Å². The van der Waals surface area contributed by atoms with Crippen molar-refractivity contribution in [2.75, 3.05) is 26.2 Å². The zero-order valence-electron chi connectivity index (χ0n) is 21.9. The maximum absolute atomic E-state index is 13.6. The summed E-state index contributed by atoms with van der Waals surface area (Å²) in [7, 11) is 0. The van der Waals surface area contributed by atoms with E-state index in [1.165, 1.54) is 30.3 Å². The maximum atomic E-state index is 13.6. The van der Waals surface area contributed by atoms with Crippen molar-refractivity contribution in [3.8, 4) is 17.1 Å². The first-order chi connectivity index (χ1) is 17.7. The summed E-state index contributed by atoms with van der Waals surface area (Å²) in [4.78, 5) is 38.0. The largest absolute Gasteiger partial charge is 0.492 e. The van der Waals surface area contributed by atoms with Crippen LogP contribution in [0.15, 0.2) is 41.3 Å². The number of benzene rings is 1. The molecule has 9 heteroatoms. The summed E-state index contributed by atoms with van der Waals surface area (Å²) in [5.41, 5.74) is 0.137. The zero-order valence-corrected chi connectivity index (χ0v) is 22.7. The molecule has 1 aliphatic rings. The first kappa shape index (κ1) is 27.1. The van der Waals surface area contributed by atoms with E-state index in [4.69, 9.17) is 16.3 Å². The molecule has 0 bridgehead atoms. The summed E-state index contributed by atoms with van der Waals surface area (Å²) >= 11 is 6.21. The second-order valence-electron chi connectivity index (χ2n) is 10.6. The molecule has 8 nitrogen and oxygen atoms in total. The van der Waals surface area contributed by atoms with Gasteiger partial charge >= 0.3 is 0 Å². The van der Waals surface area contributed by atoms with E-state index >= 15 is 0 Å². The van der Waals surface area contributed by atoms with Crippen LogP contribution >= 0.6 is 11.6 Å². The quantitative estimate of drug-likeness (QED) is 0.430. The Morgan fingerprint density at radius 1 is 1.14 bits per heavy atom. The predicted octanol–water partition coefficient (Wildman–Crippen LogP) is 4.67. The van der Waals surface area contributed by atoms with Gasteiger partial charge in [0.05, 0.1) is 18.2 Å². The Labute approximate surface area is 223 Å². The maximum Gasteiger partial charge on any atom is 0.263 e. The Kier molecular flexibility index (Phi) is 8.82. The van der Waals surface area contributed by atoms with Gasteiger partial charge in [-0.2, -0.15) is 0 Å². The van der Waals surface area contributed by atoms with E-state index in [1.807, 2.05) is 20.8 Å². The fourth-order valence-corrected chi connectivity index (χ4v) is 4.79. The molecule has 0 radical (unpaired) electrons. The van der Waals surface area contributed by atoms with E-state index < -0.39 is 5.54 Å². The summed E-state index contributed by atoms with van der Waals surface area (Å²) in [5.74, 6) is 0.569. The molecule has 1 fully saturated rings. The number of hydrogen-bond acceptors (Lipinski definition) is 6. The third-order valence-electron chi connectivity index (χ3n) is 6.27. The van der Waals surface area contributed by atoms with E-state index in [0.717, 1.165) is 26.1 Å². The topological polar surface area (TPSA) is 89.3 Å². The molecule has 1 aliphatic heterocycles. The van der Waals surface area contributed by atoms with Crippen LogP contribution in [0.2, 0.25) is 5.02 Å². The van der Waals surface area contributed by atoms with Gasteiger partial charge in [0.1, 0.15) is 18.1 Å². The molecule has 3 aromatic rings. The van der Waals surface area contributed by atoms with Crippen LogP contribution in [0.4, 0.5) is 0 Å². The molecule has 1 saturated heterocycles. The number of nitrogens with one attached hydrogen (secondary N) is 1. The molecule has 0 atom stereocenters. The van der Waals surface area contributed by atoms with Crippen LogP contribution in [0.3, 0.4) is 0 Å². The van der Waals surface area contributed by atoms with E-state index in [2.05, 4.69) is 20.2 Å². The smallest absolute Gasteiger partial charge is 0.263 e. The number of nitrogens with zero attached hydrogens (tertiary/aromatic N) is 4. The number of aromatic nitrogens is 3. The molecule has 0 aliphatic carbocycles. The van der Waals surface area contributed by atoms with Gasteiger partial charge in [-0.1, -0.05) is 36.6 Å². The van der Waals surface area contributed by atoms with Gasteiger partial charge < -0.3 is 15.0 Å². The first-order valence-electron chi connectivity index (χ1n) is 13.0. The second kappa shape index (κ2) is 12.0. The molecule has 2 aromatic heterocycles. The van der Waals surface area contributed by atoms with Crippen molar-refractivity contribution in [3.63, 3.8) is 0 Å². The summed E-state index contributed by atoms with van der Waals surface area (Å²) < 4.78 is 7.32. The highest BCUT2D eigenvalue weighted by Crippen LogP contribution is 2.23. The van der Waals surface area contributed by atoms with Crippen molar-refractivity contribution in [2.45, 2.75) is 65.0 Å². The van der Waals surface area contributed by atoms with E-state index in [0.29, 0.717) is 39.8 Å². The van der Waals surface area contributed by atoms with Crippen LogP contribution < -0.4 is 15.6 Å². The molecule has 4 rings (SSSR count). The summed E-state index contributed by atoms with van der Waals surface area (Å²) in [6.07, 6.45) is 7.66. The Morgan fingerprint density at radius 3 is 2.59 bits per heavy atom. The van der Waals surface area contributed by atoms with Gasteiger partial charge in [-0.3, -0.25) is 14.2 Å². The Balaban J connectivity index is 1.58. The lowest BCUT2D eigenvalue weighted by molar-refractivity contribution is -0.123. The number of pyridine rings is 1. The number of rotatable bonds is 8. The van der Waals surface area contributed by atoms with Gasteiger partial charge in [-0.15, -0.1) is 0 Å². The minimum absolute atomic E-state index is 0.179. The monoisotopic (exact) mass is 525 g/mol. The molecule has 0 spiro atoms. The Morgan fingerprint density at radius 2 is 1.89 bits per heavy atom. The minimum atomic E-state index is -0.433. The number of fused-ring (bicyclic) bond motifs is 1. The molecule has 1 aromatic carbocycles. The van der Waals surface area contributed by atoms with Crippen LogP contribution in [-0.4, -0.2) is 57.1 Å². The molecule has 1 N–H and O–H groups in total. The molecule has 3 heterocycles. The first-order valence-corrected chi connectivity index (χ1v) is 13.4. The fourth-order valence-electron chi connectivity index (χ4n) is 4.60. The third-order valence-corrected chi connectivity index (χ3v) is 6.50. The minimum Gasteiger partial charge on any atom is -0.492 e. The lowest BCUT2D eigenvalue weighted by atomic mass is 10.1. The molecule has 37 heavy (non-hydrogen) atoms. The highest BCUT2D eigenvalue weighted by atomic mass is 35.5. The fraction of sp³-hybridized carbons (Fsp3) is 0.500. The number of halogens is 1. The van der Waals surface area contributed by atoms with Crippen molar-refractivity contribution in [1.29, 1.82) is 0 Å². The van der Waals surface area contributed by atoms with Gasteiger partial charge in [0.15, 0.2) is 5.65 Å². The van der Waals surface area contributed by atoms with Gasteiger partial charge in [-0.25, -0.2) is 9.97 Å². The standard InChI is InChI=1S/C28H36ClN5O3/c1-28(2,3)32-24(35)19-34-26(20-10-8-11-21(29)16-20)31-25-23(27(34)36)17-22(18-30-25)37-15-9-14-33-12-6-4-5-7-13-33/h8,10-11,16-18H,4-7,9,12-15,19H2,1-3H3,(H,32,35). The van der Waals surface area contributed by atoms with Gasteiger partial charge in [0.2, 0.25) is 5.91 Å². The van der Waals surface area contributed by atoms with Crippen molar-refractivity contribution >= 4 is 28.5 Å². The Hall–Kier alpha value is -2.97. The molecule has 198 valence electrons. The van der Waals surface area contributed by atoms with Gasteiger partial charge in [0, 0.05) is 22.7 Å². The molecular weight excluding hydrogens is 490 g/mol. The number of hydrogen-bond donors (Lipinski definition) is 1. The van der Waals surface area contributed by atoms with E-state index in [-0.39, 0.29) is 18.0 Å². The summed E-state index contributed by atoms with van der Waals surface area (Å²) in [5, 5.41) is 3.73. The van der Waals surface area contributed by atoms with Crippen molar-refractivity contribution in [2.24, 2.45) is 0 Å². The molecular formula is C28H36ClN5O3. The van der Waals surface area contributed by atoms with Crippen LogP contribution in [0.25, 0.3) is 22.4 Å². The van der Waals surface area contributed by atoms with Gasteiger partial charge in [-0.05, 0) is 71.3 Å². The molecule has 1 amide bonds. The number of carbonyl (C=O) groups is 1. The van der Waals surface area contributed by atoms with E-state index in [1.54, 1.807) is 36.5 Å². The Bertz CT molecular complexity index is 1290. The number of likely N-dealkylation sites (tertiary alicyclic amines) is 1. The molecule has 0 saturated carbocycles. The SMILES string of the molecule is CC(C)(C)NC(=O)Cn1c(-c2cccc(Cl)c2)nc2ncc(OCCCN3CCCCCC3)cc2c1=O. The van der Waals surface area contributed by atoms with Gasteiger partial charge in [0.25, 0.3) is 5.56 Å². The van der Waals surface area contributed by atoms with Crippen molar-refractivity contribution in [1.82, 2.24) is 24.8 Å². The normalized spacial score (nSPS) is 14.9. The van der Waals surface area contributed by atoms with Crippen molar-refractivity contribution < 1.29 is 9.53 Å². The molecule has 0 unspecified atom stereocenters. The second-order valence-corrected chi connectivity index (χ2v) is 11.1. The average molecular weight is 526 g/mol. The predicted molar refractivity (Wildman–Crippen MR) is 147 cm³/mol. The number of carbonyl (C=O) groups excluding carboxylic acids is 1. The highest BCUT2D eigenvalue weighted by Gasteiger charge is 2.20. The lowest BCUT2D eigenvalue weighted by Gasteiger charge is -2.21. The van der Waals surface area contributed by atoms with E-state index in [9.17, 15) is 9.59 Å².